The van der Waals surface area contributed by atoms with E-state index in [9.17, 15) is 9.59 Å². The van der Waals surface area contributed by atoms with Crippen LogP contribution in [-0.2, 0) is 16.1 Å². The highest BCUT2D eigenvalue weighted by Gasteiger charge is 2.36. The Hall–Kier alpha value is -2.04. The van der Waals surface area contributed by atoms with E-state index in [1.807, 2.05) is 44.2 Å². The number of para-hydroxylation sites is 1. The number of fused-ring (bicyclic) bond motifs is 1. The molecule has 1 heterocycles. The van der Waals surface area contributed by atoms with Gasteiger partial charge in [-0.15, -0.1) is 0 Å². The fourth-order valence-corrected chi connectivity index (χ4v) is 3.73. The average molecular weight is 405 g/mol. The van der Waals surface area contributed by atoms with Crippen LogP contribution in [0.25, 0.3) is 0 Å². The highest BCUT2D eigenvalue weighted by atomic mass is 35.5. The van der Waals surface area contributed by atoms with Crippen molar-refractivity contribution in [2.24, 2.45) is 0 Å². The van der Waals surface area contributed by atoms with Crippen LogP contribution in [0.2, 0.25) is 10.0 Å². The van der Waals surface area contributed by atoms with E-state index >= 15 is 0 Å². The Kier molecular flexibility index (Phi) is 5.78. The number of carbonyl (C=O) groups excluding carboxylic acids is 2. The Bertz CT molecular complexity index is 882. The lowest BCUT2D eigenvalue weighted by molar-refractivity contribution is -0.137. The molecule has 3 rings (SSSR count). The van der Waals surface area contributed by atoms with Gasteiger partial charge in [0.05, 0.1) is 16.0 Å². The van der Waals surface area contributed by atoms with Crippen LogP contribution in [0.5, 0.6) is 0 Å². The minimum atomic E-state index is -0.477. The summed E-state index contributed by atoms with van der Waals surface area (Å²) in [6.45, 7) is 4.35. The van der Waals surface area contributed by atoms with Crippen molar-refractivity contribution >= 4 is 40.7 Å². The molecule has 0 spiro atoms. The van der Waals surface area contributed by atoms with Gasteiger partial charge in [0.25, 0.3) is 0 Å². The van der Waals surface area contributed by atoms with Crippen molar-refractivity contribution in [3.63, 3.8) is 0 Å². The molecule has 1 unspecified atom stereocenters. The fraction of sp³-hybridized carbons (Fsp3) is 0.333. The van der Waals surface area contributed by atoms with Crippen LogP contribution in [-0.4, -0.2) is 29.8 Å². The molecule has 1 aliphatic rings. The predicted octanol–water partition coefficient (Wildman–Crippen LogP) is 4.88. The summed E-state index contributed by atoms with van der Waals surface area (Å²) in [6.07, 6.45) is 0.178. The Morgan fingerprint density at radius 2 is 1.89 bits per heavy atom. The van der Waals surface area contributed by atoms with Crippen LogP contribution in [0.4, 0.5) is 5.69 Å². The zero-order valence-corrected chi connectivity index (χ0v) is 17.1. The van der Waals surface area contributed by atoms with Crippen molar-refractivity contribution in [3.8, 4) is 0 Å². The van der Waals surface area contributed by atoms with Crippen molar-refractivity contribution in [2.45, 2.75) is 38.8 Å². The number of carbonyl (C=O) groups is 2. The molecule has 27 heavy (non-hydrogen) atoms. The molecule has 0 radical (unpaired) electrons. The molecule has 142 valence electrons. The van der Waals surface area contributed by atoms with E-state index < -0.39 is 5.92 Å². The third kappa shape index (κ3) is 3.97. The van der Waals surface area contributed by atoms with E-state index in [0.29, 0.717) is 16.6 Å². The molecule has 1 aliphatic heterocycles. The summed E-state index contributed by atoms with van der Waals surface area (Å²) in [4.78, 5) is 29.2. The van der Waals surface area contributed by atoms with E-state index in [4.69, 9.17) is 23.2 Å². The molecule has 6 heteroatoms. The van der Waals surface area contributed by atoms with Gasteiger partial charge in [-0.2, -0.15) is 0 Å². The maximum atomic E-state index is 13.4. The Balaban J connectivity index is 1.92. The molecule has 2 aromatic rings. The first kappa shape index (κ1) is 19.7. The molecule has 0 saturated heterocycles. The number of amides is 2. The van der Waals surface area contributed by atoms with Gasteiger partial charge in [-0.05, 0) is 43.2 Å². The van der Waals surface area contributed by atoms with Gasteiger partial charge in [0.15, 0.2) is 0 Å². The Morgan fingerprint density at radius 1 is 1.19 bits per heavy atom. The molecule has 0 aliphatic carbocycles. The fourth-order valence-electron chi connectivity index (χ4n) is 3.41. The first-order valence-electron chi connectivity index (χ1n) is 8.89. The summed E-state index contributed by atoms with van der Waals surface area (Å²) in [5, 5.41) is 0.947. The molecule has 2 aromatic carbocycles. The zero-order chi connectivity index (χ0) is 19.7. The molecule has 2 amide bonds. The van der Waals surface area contributed by atoms with E-state index in [2.05, 4.69) is 0 Å². The van der Waals surface area contributed by atoms with Crippen molar-refractivity contribution < 1.29 is 9.59 Å². The van der Waals surface area contributed by atoms with Crippen LogP contribution in [0, 0.1) is 0 Å². The van der Waals surface area contributed by atoms with E-state index in [0.717, 1.165) is 16.8 Å². The molecular weight excluding hydrogens is 383 g/mol. The van der Waals surface area contributed by atoms with Gasteiger partial charge in [0, 0.05) is 31.7 Å². The van der Waals surface area contributed by atoms with E-state index in [1.165, 1.54) is 0 Å². The number of nitrogens with zero attached hydrogens (tertiary/aromatic N) is 2. The number of hydrogen-bond acceptors (Lipinski definition) is 2. The van der Waals surface area contributed by atoms with E-state index in [-0.39, 0.29) is 24.3 Å². The summed E-state index contributed by atoms with van der Waals surface area (Å²) in [5.74, 6) is -0.578. The second-order valence-corrected chi connectivity index (χ2v) is 7.89. The summed E-state index contributed by atoms with van der Waals surface area (Å²) in [5.41, 5.74) is 2.59. The summed E-state index contributed by atoms with van der Waals surface area (Å²) >= 11 is 12.1. The SMILES string of the molecule is CC(C)N(Cc1ccc(Cl)c(Cl)c1)C(=O)C1CC(=O)N(C)c2ccccc21. The summed E-state index contributed by atoms with van der Waals surface area (Å²) in [6, 6.07) is 13.0. The first-order chi connectivity index (χ1) is 12.8. The normalized spacial score (nSPS) is 16.4. The quantitative estimate of drug-likeness (QED) is 0.728. The van der Waals surface area contributed by atoms with Gasteiger partial charge in [0.2, 0.25) is 11.8 Å². The zero-order valence-electron chi connectivity index (χ0n) is 15.6. The van der Waals surface area contributed by atoms with Gasteiger partial charge in [0.1, 0.15) is 0 Å². The lowest BCUT2D eigenvalue weighted by atomic mass is 9.88. The number of anilines is 1. The topological polar surface area (TPSA) is 40.6 Å². The van der Waals surface area contributed by atoms with Gasteiger partial charge in [-0.3, -0.25) is 9.59 Å². The van der Waals surface area contributed by atoms with Crippen molar-refractivity contribution in [1.29, 1.82) is 0 Å². The monoisotopic (exact) mass is 404 g/mol. The lowest BCUT2D eigenvalue weighted by Crippen LogP contribution is -2.43. The molecular formula is C21H22Cl2N2O2. The molecule has 0 saturated carbocycles. The number of benzene rings is 2. The van der Waals surface area contributed by atoms with Gasteiger partial charge in [-0.25, -0.2) is 0 Å². The lowest BCUT2D eigenvalue weighted by Gasteiger charge is -2.35. The number of hydrogen-bond donors (Lipinski definition) is 0. The van der Waals surface area contributed by atoms with Crippen molar-refractivity contribution in [2.75, 3.05) is 11.9 Å². The second kappa shape index (κ2) is 7.91. The summed E-state index contributed by atoms with van der Waals surface area (Å²) in [7, 11) is 1.75. The maximum absolute atomic E-state index is 13.4. The van der Waals surface area contributed by atoms with Gasteiger partial charge in [-0.1, -0.05) is 47.5 Å². The first-order valence-corrected chi connectivity index (χ1v) is 9.65. The van der Waals surface area contributed by atoms with E-state index in [1.54, 1.807) is 29.0 Å². The molecule has 0 aromatic heterocycles. The second-order valence-electron chi connectivity index (χ2n) is 7.08. The van der Waals surface area contributed by atoms with Crippen molar-refractivity contribution in [1.82, 2.24) is 4.90 Å². The Morgan fingerprint density at radius 3 is 2.56 bits per heavy atom. The predicted molar refractivity (Wildman–Crippen MR) is 109 cm³/mol. The molecule has 0 fully saturated rings. The molecule has 0 bridgehead atoms. The van der Waals surface area contributed by atoms with Crippen LogP contribution >= 0.6 is 23.2 Å². The molecule has 4 nitrogen and oxygen atoms in total. The summed E-state index contributed by atoms with van der Waals surface area (Å²) < 4.78 is 0. The van der Waals surface area contributed by atoms with Crippen LogP contribution in [0.15, 0.2) is 42.5 Å². The minimum Gasteiger partial charge on any atom is -0.335 e. The maximum Gasteiger partial charge on any atom is 0.231 e. The minimum absolute atomic E-state index is 0.0196. The standard InChI is InChI=1S/C21H22Cl2N2O2/c1-13(2)25(12-14-8-9-17(22)18(23)10-14)21(27)16-11-20(26)24(3)19-7-5-4-6-15(16)19/h4-10,13,16H,11-12H2,1-3H3. The van der Waals surface area contributed by atoms with Gasteiger partial charge < -0.3 is 9.80 Å². The highest BCUT2D eigenvalue weighted by Crippen LogP contribution is 2.37. The van der Waals surface area contributed by atoms with Crippen LogP contribution < -0.4 is 4.90 Å². The average Bonchev–Trinajstić information content (AvgIpc) is 2.64. The number of halogens is 2. The Labute approximate surface area is 169 Å². The molecule has 1 atom stereocenters. The van der Waals surface area contributed by atoms with Crippen LogP contribution in [0.1, 0.15) is 37.3 Å². The third-order valence-electron chi connectivity index (χ3n) is 4.97. The highest BCUT2D eigenvalue weighted by molar-refractivity contribution is 6.42. The number of rotatable bonds is 4. The third-order valence-corrected chi connectivity index (χ3v) is 5.71. The smallest absolute Gasteiger partial charge is 0.231 e. The van der Waals surface area contributed by atoms with Crippen molar-refractivity contribution in [3.05, 3.63) is 63.6 Å². The van der Waals surface area contributed by atoms with Gasteiger partial charge >= 0.3 is 0 Å². The van der Waals surface area contributed by atoms with Crippen LogP contribution in [0.3, 0.4) is 0 Å². The largest absolute Gasteiger partial charge is 0.335 e. The molecule has 0 N–H and O–H groups in total.